The minimum atomic E-state index is -0.209. The first-order valence-electron chi connectivity index (χ1n) is 24.9. The number of rotatable bonds is 3. The van der Waals surface area contributed by atoms with E-state index in [9.17, 15) is 0 Å². The van der Waals surface area contributed by atoms with E-state index in [-0.39, 0.29) is 5.41 Å². The van der Waals surface area contributed by atoms with E-state index in [0.717, 1.165) is 50.8 Å². The van der Waals surface area contributed by atoms with Crippen molar-refractivity contribution in [1.29, 1.82) is 0 Å². The molecule has 72 heavy (non-hydrogen) atoms. The lowest BCUT2D eigenvalue weighted by molar-refractivity contribution is 0.489. The monoisotopic (exact) mass is 935 g/mol. The van der Waals surface area contributed by atoms with Crippen molar-refractivity contribution in [2.75, 3.05) is 4.90 Å². The second-order valence-corrected chi connectivity index (χ2v) is 20.9. The second-order valence-electron chi connectivity index (χ2n) is 19.9. The first-order valence-corrected chi connectivity index (χ1v) is 25.7. The Hall–Kier alpha value is -8.76. The van der Waals surface area contributed by atoms with Gasteiger partial charge in [0.1, 0.15) is 5.75 Å². The van der Waals surface area contributed by atoms with Crippen molar-refractivity contribution in [1.82, 2.24) is 0 Å². The van der Waals surface area contributed by atoms with Gasteiger partial charge in [0.05, 0.1) is 5.69 Å². The molecule has 0 saturated heterocycles. The third kappa shape index (κ3) is 5.95. The average molecular weight is 936 g/mol. The fourth-order valence-electron chi connectivity index (χ4n) is 12.4. The number of fused-ring (bicyclic) bond motifs is 22. The Bertz CT molecular complexity index is 4540. The van der Waals surface area contributed by atoms with Crippen molar-refractivity contribution >= 4 is 102 Å². The maximum Gasteiger partial charge on any atom is 0.159 e. The molecule has 338 valence electrons. The highest BCUT2D eigenvalue weighted by molar-refractivity contribution is 7.26. The zero-order valence-electron chi connectivity index (χ0n) is 39.8. The van der Waals surface area contributed by atoms with Crippen LogP contribution >= 0.6 is 11.3 Å². The first-order chi connectivity index (χ1) is 35.5. The normalized spacial score (nSPS) is 13.1. The van der Waals surface area contributed by atoms with Gasteiger partial charge in [-0.1, -0.05) is 202 Å². The van der Waals surface area contributed by atoms with Crippen molar-refractivity contribution in [2.45, 2.75) is 19.3 Å². The fraction of sp³-hybridized carbons (Fsp3) is 0.0435. The van der Waals surface area contributed by atoms with Crippen LogP contribution in [0.2, 0.25) is 0 Å². The Morgan fingerprint density at radius 3 is 1.57 bits per heavy atom. The lowest BCUT2D eigenvalue weighted by Crippen LogP contribution is -2.17. The third-order valence-corrected chi connectivity index (χ3v) is 16.8. The summed E-state index contributed by atoms with van der Waals surface area (Å²) in [6.45, 7) is 4.74. The van der Waals surface area contributed by atoms with E-state index >= 15 is 0 Å². The van der Waals surface area contributed by atoms with Gasteiger partial charge in [-0.2, -0.15) is 0 Å². The van der Waals surface area contributed by atoms with Gasteiger partial charge in [0.25, 0.3) is 0 Å². The summed E-state index contributed by atoms with van der Waals surface area (Å²) in [4.78, 5) is 2.46. The molecule has 1 aliphatic carbocycles. The van der Waals surface area contributed by atoms with Crippen LogP contribution in [-0.4, -0.2) is 0 Å². The van der Waals surface area contributed by atoms with Gasteiger partial charge < -0.3 is 9.64 Å². The molecule has 0 saturated carbocycles. The number of hydrogen-bond acceptors (Lipinski definition) is 3. The van der Waals surface area contributed by atoms with E-state index in [1.54, 1.807) is 0 Å². The lowest BCUT2D eigenvalue weighted by Gasteiger charge is -2.30. The van der Waals surface area contributed by atoms with E-state index in [4.69, 9.17) is 4.74 Å². The molecule has 15 rings (SSSR count). The number of thiophene rings is 1. The molecule has 13 aromatic rings. The molecule has 0 N–H and O–H groups in total. The van der Waals surface area contributed by atoms with Crippen LogP contribution in [0.1, 0.15) is 25.0 Å². The molecular formula is C69H45NOS. The van der Waals surface area contributed by atoms with Crippen LogP contribution in [0.15, 0.2) is 237 Å². The minimum Gasteiger partial charge on any atom is -0.454 e. The molecular weight excluding hydrogens is 891 g/mol. The van der Waals surface area contributed by atoms with Crippen LogP contribution in [0.3, 0.4) is 0 Å². The van der Waals surface area contributed by atoms with Gasteiger partial charge in [-0.25, -0.2) is 0 Å². The van der Waals surface area contributed by atoms with Crippen LogP contribution < -0.4 is 9.64 Å². The number of nitrogens with zero attached hydrogens (tertiary/aromatic N) is 1. The van der Waals surface area contributed by atoms with Gasteiger partial charge in [0.2, 0.25) is 0 Å². The number of benzene rings is 11. The van der Waals surface area contributed by atoms with E-state index in [1.807, 2.05) is 11.3 Å². The number of ether oxygens (including phenoxy) is 1. The zero-order chi connectivity index (χ0) is 47.7. The Morgan fingerprint density at radius 2 is 0.833 bits per heavy atom. The molecule has 2 heterocycles. The van der Waals surface area contributed by atoms with E-state index in [0.29, 0.717) is 0 Å². The molecule has 2 nitrogen and oxygen atoms in total. The average Bonchev–Trinajstić information content (AvgIpc) is 3.87. The highest BCUT2D eigenvalue weighted by Gasteiger charge is 2.36. The molecule has 0 bridgehead atoms. The SMILES string of the molecule is CC1(C)c2ccccc2-c2ccc(N(c3ccc4c5ccccc5c5ccccc5c5ccccc5c5c(ccc6sc7ccccc7c65)c4c3)c3cccc4c3Oc3ccccc3-c3ccccc3-4)cc21. The molecule has 0 fully saturated rings. The number of hydrogen-bond donors (Lipinski definition) is 0. The van der Waals surface area contributed by atoms with Gasteiger partial charge in [-0.3, -0.25) is 0 Å². The maximum absolute atomic E-state index is 7.32. The van der Waals surface area contributed by atoms with Crippen molar-refractivity contribution in [3.05, 3.63) is 248 Å². The van der Waals surface area contributed by atoms with Crippen LogP contribution in [0.5, 0.6) is 11.5 Å². The van der Waals surface area contributed by atoms with Gasteiger partial charge in [-0.05, 0) is 136 Å². The van der Waals surface area contributed by atoms with Gasteiger partial charge >= 0.3 is 0 Å². The van der Waals surface area contributed by atoms with Crippen molar-refractivity contribution < 1.29 is 4.74 Å². The maximum atomic E-state index is 7.32. The summed E-state index contributed by atoms with van der Waals surface area (Å²) in [5.74, 6) is 1.66. The highest BCUT2D eigenvalue weighted by Crippen LogP contribution is 2.55. The van der Waals surface area contributed by atoms with Crippen LogP contribution in [0.4, 0.5) is 17.1 Å². The fourth-order valence-corrected chi connectivity index (χ4v) is 13.5. The van der Waals surface area contributed by atoms with Crippen molar-refractivity contribution in [3.63, 3.8) is 0 Å². The topological polar surface area (TPSA) is 12.5 Å². The summed E-state index contributed by atoms with van der Waals surface area (Å²) in [5, 5.41) is 14.7. The second kappa shape index (κ2) is 15.6. The quantitative estimate of drug-likeness (QED) is 0.175. The Morgan fingerprint density at radius 1 is 0.333 bits per heavy atom. The lowest BCUT2D eigenvalue weighted by atomic mass is 9.82. The molecule has 12 aromatic carbocycles. The summed E-state index contributed by atoms with van der Waals surface area (Å²) >= 11 is 1.88. The molecule has 0 radical (unpaired) electrons. The summed E-state index contributed by atoms with van der Waals surface area (Å²) in [6, 6.07) is 87.8. The predicted octanol–water partition coefficient (Wildman–Crippen LogP) is 20.2. The number of anilines is 3. The van der Waals surface area contributed by atoms with Crippen molar-refractivity contribution in [3.8, 4) is 44.9 Å². The Labute approximate surface area is 421 Å². The van der Waals surface area contributed by atoms with E-state index in [1.165, 1.54) is 96.3 Å². The Kier molecular flexibility index (Phi) is 8.91. The molecule has 0 amide bonds. The molecule has 0 spiro atoms. The largest absolute Gasteiger partial charge is 0.454 e. The summed E-state index contributed by atoms with van der Waals surface area (Å²) in [5.41, 5.74) is 12.5. The van der Waals surface area contributed by atoms with E-state index in [2.05, 4.69) is 255 Å². The van der Waals surface area contributed by atoms with Gasteiger partial charge in [-0.15, -0.1) is 11.3 Å². The highest BCUT2D eigenvalue weighted by atomic mass is 32.1. The molecule has 1 aliphatic heterocycles. The van der Waals surface area contributed by atoms with Gasteiger partial charge in [0.15, 0.2) is 5.75 Å². The van der Waals surface area contributed by atoms with Crippen LogP contribution in [-0.2, 0) is 5.41 Å². The van der Waals surface area contributed by atoms with Crippen molar-refractivity contribution in [2.24, 2.45) is 0 Å². The number of para-hydroxylation sites is 2. The zero-order valence-corrected chi connectivity index (χ0v) is 40.6. The standard InChI is InChI=1S/C69H45NOS/c1-69(2)60-30-14-11-25-52(60)53-37-35-43(41-61(53)69)70(62-31-17-29-57-50-24-8-7-22-48(50)54-26-12-15-32-63(54)71-68(57)62)42-34-36-51-47-21-6-4-19-45(47)44-18-3-5-20-46(44)49-23-9-10-27-55(49)66-56(59(51)40-42)38-39-65-67(66)58-28-13-16-33-64(58)72-65/h3-41H,1-2H3. The molecule has 0 atom stereocenters. The van der Waals surface area contributed by atoms with Crippen LogP contribution in [0.25, 0.3) is 107 Å². The minimum absolute atomic E-state index is 0.209. The van der Waals surface area contributed by atoms with Crippen LogP contribution in [0, 0.1) is 0 Å². The first kappa shape index (κ1) is 41.1. The summed E-state index contributed by atoms with van der Waals surface area (Å²) in [7, 11) is 0. The summed E-state index contributed by atoms with van der Waals surface area (Å²) < 4.78 is 9.89. The smallest absolute Gasteiger partial charge is 0.159 e. The molecule has 0 unspecified atom stereocenters. The molecule has 2 aliphatic rings. The predicted molar refractivity (Wildman–Crippen MR) is 308 cm³/mol. The van der Waals surface area contributed by atoms with E-state index < -0.39 is 0 Å². The third-order valence-electron chi connectivity index (χ3n) is 15.7. The summed E-state index contributed by atoms with van der Waals surface area (Å²) in [6.07, 6.45) is 0. The Balaban J connectivity index is 1.12. The molecule has 3 heteroatoms. The van der Waals surface area contributed by atoms with Gasteiger partial charge in [0, 0.05) is 48.1 Å². The molecule has 1 aromatic heterocycles.